The number of carbonyl (C=O) groups is 2. The zero-order valence-electron chi connectivity index (χ0n) is 15.9. The van der Waals surface area contributed by atoms with Crippen LogP contribution in [0.15, 0.2) is 84.9 Å². The number of nitrogens with zero attached hydrogens (tertiary/aromatic N) is 1. The first-order valence-electron chi connectivity index (χ1n) is 9.07. The first kappa shape index (κ1) is 20.1. The van der Waals surface area contributed by atoms with Crippen molar-refractivity contribution in [1.82, 2.24) is 0 Å². The van der Waals surface area contributed by atoms with Gasteiger partial charge >= 0.3 is 5.97 Å². The Morgan fingerprint density at radius 1 is 0.897 bits per heavy atom. The number of carbonyl (C=O) groups excluding carboxylic acids is 2. The fourth-order valence-corrected chi connectivity index (χ4v) is 2.77. The van der Waals surface area contributed by atoms with Gasteiger partial charge in [0, 0.05) is 12.5 Å². The topological polar surface area (TPSA) is 76.1 Å². The maximum Gasteiger partial charge on any atom is 0.303 e. The monoisotopic (exact) mass is 391 g/mol. The van der Waals surface area contributed by atoms with Crippen LogP contribution < -0.4 is 9.80 Å². The molecule has 0 saturated heterocycles. The van der Waals surface area contributed by atoms with Crippen molar-refractivity contribution in [2.45, 2.75) is 19.6 Å². The number of esters is 1. The van der Waals surface area contributed by atoms with Crippen molar-refractivity contribution >= 4 is 17.6 Å². The largest absolute Gasteiger partial charge is 0.487 e. The molecule has 29 heavy (non-hydrogen) atoms. The molecule has 0 aliphatic carbocycles. The summed E-state index contributed by atoms with van der Waals surface area (Å²) in [6, 6.07) is 24.7. The van der Waals surface area contributed by atoms with E-state index in [1.54, 1.807) is 54.6 Å². The average molecular weight is 391 g/mol. The lowest BCUT2D eigenvalue weighted by molar-refractivity contribution is -0.155. The fraction of sp³-hybridized carbons (Fsp3) is 0.130. The van der Waals surface area contributed by atoms with E-state index >= 15 is 0 Å². The van der Waals surface area contributed by atoms with Crippen molar-refractivity contribution in [3.63, 3.8) is 0 Å². The Hall–Kier alpha value is -3.64. The Balaban J connectivity index is 1.83. The van der Waals surface area contributed by atoms with Crippen molar-refractivity contribution in [2.75, 3.05) is 5.06 Å². The van der Waals surface area contributed by atoms with Crippen LogP contribution in [0.3, 0.4) is 0 Å². The summed E-state index contributed by atoms with van der Waals surface area (Å²) in [6.45, 7) is 1.48. The van der Waals surface area contributed by atoms with E-state index < -0.39 is 18.0 Å². The molecule has 0 aromatic heterocycles. The molecule has 3 aromatic rings. The summed E-state index contributed by atoms with van der Waals surface area (Å²) >= 11 is 0. The number of benzene rings is 3. The first-order chi connectivity index (χ1) is 14.1. The van der Waals surface area contributed by atoms with E-state index in [-0.39, 0.29) is 12.3 Å². The van der Waals surface area contributed by atoms with Crippen LogP contribution in [-0.2, 0) is 20.9 Å². The molecule has 0 spiro atoms. The molecule has 3 rings (SSSR count). The lowest BCUT2D eigenvalue weighted by Crippen LogP contribution is -2.34. The molecular formula is C23H21NO5. The summed E-state index contributed by atoms with van der Waals surface area (Å²) in [5.74, 6) is -1.11. The second kappa shape index (κ2) is 9.52. The summed E-state index contributed by atoms with van der Waals surface area (Å²) in [4.78, 5) is 24.5. The van der Waals surface area contributed by atoms with Crippen molar-refractivity contribution in [3.05, 3.63) is 96.1 Å². The maximum atomic E-state index is 12.9. The van der Waals surface area contributed by atoms with Crippen LogP contribution in [0.25, 0.3) is 0 Å². The molecule has 0 fully saturated rings. The van der Waals surface area contributed by atoms with Gasteiger partial charge < -0.3 is 9.47 Å². The normalized spacial score (nSPS) is 11.4. The molecule has 1 N–H and O–H groups in total. The smallest absolute Gasteiger partial charge is 0.303 e. The fourth-order valence-electron chi connectivity index (χ4n) is 2.77. The Labute approximate surface area is 168 Å². The zero-order chi connectivity index (χ0) is 20.6. The Kier molecular flexibility index (Phi) is 6.60. The summed E-state index contributed by atoms with van der Waals surface area (Å²) in [6.07, 6.45) is -1.28. The molecule has 0 aliphatic rings. The molecule has 3 aromatic carbocycles. The van der Waals surface area contributed by atoms with Crippen molar-refractivity contribution in [1.29, 1.82) is 0 Å². The number of hydrogen-bond acceptors (Lipinski definition) is 5. The highest BCUT2D eigenvalue weighted by Gasteiger charge is 2.30. The molecule has 148 valence electrons. The molecule has 0 bridgehead atoms. The summed E-state index contributed by atoms with van der Waals surface area (Å²) in [5, 5.41) is 11.1. The highest BCUT2D eigenvalue weighted by Crippen LogP contribution is 2.31. The SMILES string of the molecule is CC(=O)OC(C(=O)N(O)c1ccccc1OCc1ccccc1)c1ccccc1. The van der Waals surface area contributed by atoms with E-state index in [0.717, 1.165) is 5.56 Å². The van der Waals surface area contributed by atoms with Gasteiger partial charge in [0.1, 0.15) is 18.0 Å². The molecule has 0 aliphatic heterocycles. The van der Waals surface area contributed by atoms with Gasteiger partial charge in [0.25, 0.3) is 5.91 Å². The van der Waals surface area contributed by atoms with Crippen molar-refractivity contribution in [2.24, 2.45) is 0 Å². The van der Waals surface area contributed by atoms with E-state index in [0.29, 0.717) is 16.4 Å². The third-order valence-corrected chi connectivity index (χ3v) is 4.15. The molecular weight excluding hydrogens is 370 g/mol. The minimum atomic E-state index is -1.28. The molecule has 1 unspecified atom stereocenters. The van der Waals surface area contributed by atoms with Crippen LogP contribution in [-0.4, -0.2) is 17.1 Å². The Bertz CT molecular complexity index is 959. The van der Waals surface area contributed by atoms with Gasteiger partial charge in [-0.05, 0) is 17.7 Å². The van der Waals surface area contributed by atoms with Crippen LogP contribution in [0, 0.1) is 0 Å². The number of rotatable bonds is 7. The van der Waals surface area contributed by atoms with Gasteiger partial charge in [-0.25, -0.2) is 0 Å². The van der Waals surface area contributed by atoms with Crippen LogP contribution in [0.4, 0.5) is 5.69 Å². The predicted octanol–water partition coefficient (Wildman–Crippen LogP) is 4.29. The van der Waals surface area contributed by atoms with Gasteiger partial charge in [0.05, 0.1) is 0 Å². The number of hydrogen-bond donors (Lipinski definition) is 1. The highest BCUT2D eigenvalue weighted by atomic mass is 16.6. The molecule has 0 radical (unpaired) electrons. The molecule has 0 heterocycles. The van der Waals surface area contributed by atoms with Gasteiger partial charge in [-0.15, -0.1) is 0 Å². The standard InChI is InChI=1S/C23H21NO5/c1-17(25)29-22(19-12-6-3-7-13-19)23(26)24(27)20-14-8-9-15-21(20)28-16-18-10-4-2-5-11-18/h2-15,22,27H,16H2,1H3. The van der Waals surface area contributed by atoms with Gasteiger partial charge in [-0.1, -0.05) is 72.8 Å². The number of hydroxylamine groups is 1. The number of anilines is 1. The number of amides is 1. The molecule has 1 amide bonds. The maximum absolute atomic E-state index is 12.9. The first-order valence-corrected chi connectivity index (χ1v) is 9.07. The van der Waals surface area contributed by atoms with Gasteiger partial charge in [-0.2, -0.15) is 5.06 Å². The second-order valence-electron chi connectivity index (χ2n) is 6.29. The van der Waals surface area contributed by atoms with E-state index in [9.17, 15) is 14.8 Å². The van der Waals surface area contributed by atoms with Crippen molar-refractivity contribution < 1.29 is 24.3 Å². The van der Waals surface area contributed by atoms with Crippen molar-refractivity contribution in [3.8, 4) is 5.75 Å². The minimum absolute atomic E-state index is 0.154. The van der Waals surface area contributed by atoms with E-state index in [1.165, 1.54) is 6.92 Å². The lowest BCUT2D eigenvalue weighted by atomic mass is 10.1. The minimum Gasteiger partial charge on any atom is -0.487 e. The van der Waals surface area contributed by atoms with Crippen LogP contribution in [0.2, 0.25) is 0 Å². The zero-order valence-corrected chi connectivity index (χ0v) is 15.9. The van der Waals surface area contributed by atoms with Crippen LogP contribution >= 0.6 is 0 Å². The third-order valence-electron chi connectivity index (χ3n) is 4.15. The molecule has 1 atom stereocenters. The Morgan fingerprint density at radius 3 is 2.14 bits per heavy atom. The summed E-state index contributed by atoms with van der Waals surface area (Å²) < 4.78 is 11.0. The van der Waals surface area contributed by atoms with Gasteiger partial charge in [-0.3, -0.25) is 14.8 Å². The van der Waals surface area contributed by atoms with E-state index in [1.807, 2.05) is 30.3 Å². The number of ether oxygens (including phenoxy) is 2. The predicted molar refractivity (Wildman–Crippen MR) is 107 cm³/mol. The molecule has 0 saturated carbocycles. The van der Waals surface area contributed by atoms with Gasteiger partial charge in [0.15, 0.2) is 0 Å². The number of para-hydroxylation sites is 2. The van der Waals surface area contributed by atoms with Crippen LogP contribution in [0.5, 0.6) is 5.75 Å². The second-order valence-corrected chi connectivity index (χ2v) is 6.29. The molecule has 6 nitrogen and oxygen atoms in total. The van der Waals surface area contributed by atoms with E-state index in [4.69, 9.17) is 9.47 Å². The quantitative estimate of drug-likeness (QED) is 0.369. The van der Waals surface area contributed by atoms with E-state index in [2.05, 4.69) is 0 Å². The third kappa shape index (κ3) is 5.21. The summed E-state index contributed by atoms with van der Waals surface area (Å²) in [7, 11) is 0. The summed E-state index contributed by atoms with van der Waals surface area (Å²) in [5.41, 5.74) is 1.55. The lowest BCUT2D eigenvalue weighted by Gasteiger charge is -2.23. The van der Waals surface area contributed by atoms with Crippen LogP contribution in [0.1, 0.15) is 24.2 Å². The molecule has 6 heteroatoms. The Morgan fingerprint density at radius 2 is 1.48 bits per heavy atom. The average Bonchev–Trinajstić information content (AvgIpc) is 2.76. The van der Waals surface area contributed by atoms with Gasteiger partial charge in [0.2, 0.25) is 6.10 Å². The highest BCUT2D eigenvalue weighted by molar-refractivity contribution is 5.97.